The molecule has 0 aromatic heterocycles. The molecule has 0 fully saturated rings. The minimum absolute atomic E-state index is 0.0979. The average molecular weight is 191 g/mol. The molecule has 0 atom stereocenters. The van der Waals surface area contributed by atoms with Gasteiger partial charge in [-0.15, -0.1) is 0 Å². The van der Waals surface area contributed by atoms with E-state index in [1.54, 1.807) is 11.8 Å². The van der Waals surface area contributed by atoms with Gasteiger partial charge in [0.1, 0.15) is 0 Å². The Morgan fingerprint density at radius 1 is 1.36 bits per heavy atom. The second kappa shape index (κ2) is 4.80. The molecule has 0 aliphatic rings. The topological polar surface area (TPSA) is 20.3 Å². The second-order valence-corrected chi connectivity index (χ2v) is 3.29. The molecule has 0 saturated heterocycles. The molecule has 0 N–H and O–H groups in total. The summed E-state index contributed by atoms with van der Waals surface area (Å²) < 4.78 is 0. The van der Waals surface area contributed by atoms with E-state index in [0.717, 1.165) is 18.7 Å². The Morgan fingerprint density at radius 2 is 2.07 bits per heavy atom. The minimum atomic E-state index is 0.0979. The van der Waals surface area contributed by atoms with Gasteiger partial charge in [-0.25, -0.2) is 0 Å². The smallest absolute Gasteiger partial charge is 0.223 e. The number of benzene rings is 1. The third kappa shape index (κ3) is 2.34. The number of aryl methyl sites for hydroxylation is 1. The molecule has 0 unspecified atom stereocenters. The second-order valence-electron chi connectivity index (χ2n) is 3.29. The van der Waals surface area contributed by atoms with Crippen LogP contribution >= 0.6 is 0 Å². The van der Waals surface area contributed by atoms with Crippen LogP contribution in [-0.4, -0.2) is 12.5 Å². The highest BCUT2D eigenvalue weighted by atomic mass is 16.2. The molecule has 0 saturated carbocycles. The maximum Gasteiger partial charge on any atom is 0.223 e. The van der Waals surface area contributed by atoms with Gasteiger partial charge in [-0.05, 0) is 31.0 Å². The van der Waals surface area contributed by atoms with Crippen molar-refractivity contribution < 1.29 is 4.79 Å². The fraction of sp³-hybridized carbons (Fsp3) is 0.417. The van der Waals surface area contributed by atoms with Crippen molar-refractivity contribution in [3.63, 3.8) is 0 Å². The van der Waals surface area contributed by atoms with E-state index in [0.29, 0.717) is 0 Å². The molecule has 1 aromatic carbocycles. The van der Waals surface area contributed by atoms with Crippen molar-refractivity contribution in [1.29, 1.82) is 0 Å². The van der Waals surface area contributed by atoms with Crippen molar-refractivity contribution in [3.05, 3.63) is 29.8 Å². The monoisotopic (exact) mass is 191 g/mol. The summed E-state index contributed by atoms with van der Waals surface area (Å²) in [6.45, 7) is 6.42. The van der Waals surface area contributed by atoms with Gasteiger partial charge in [0.2, 0.25) is 5.91 Å². The Balaban J connectivity index is 2.98. The molecular weight excluding hydrogens is 174 g/mol. The normalized spacial score (nSPS) is 9.93. The van der Waals surface area contributed by atoms with E-state index in [2.05, 4.69) is 19.1 Å². The van der Waals surface area contributed by atoms with Crippen molar-refractivity contribution in [2.75, 3.05) is 11.4 Å². The highest BCUT2D eigenvalue weighted by Crippen LogP contribution is 2.16. The number of carbonyl (C=O) groups is 1. The van der Waals surface area contributed by atoms with Crippen LogP contribution in [0.4, 0.5) is 5.69 Å². The van der Waals surface area contributed by atoms with Crippen LogP contribution in [0.15, 0.2) is 24.3 Å². The molecule has 0 radical (unpaired) electrons. The van der Waals surface area contributed by atoms with E-state index < -0.39 is 0 Å². The Hall–Kier alpha value is -1.31. The predicted octanol–water partition coefficient (Wildman–Crippen LogP) is 2.62. The van der Waals surface area contributed by atoms with E-state index in [4.69, 9.17) is 0 Å². The maximum atomic E-state index is 11.3. The Morgan fingerprint density at radius 3 is 2.57 bits per heavy atom. The lowest BCUT2D eigenvalue weighted by Gasteiger charge is -2.19. The molecule has 1 aromatic rings. The van der Waals surface area contributed by atoms with E-state index >= 15 is 0 Å². The number of hydrogen-bond acceptors (Lipinski definition) is 1. The van der Waals surface area contributed by atoms with Crippen LogP contribution in [0.3, 0.4) is 0 Å². The summed E-state index contributed by atoms with van der Waals surface area (Å²) in [5.74, 6) is 0.0979. The van der Waals surface area contributed by atoms with Crippen molar-refractivity contribution in [1.82, 2.24) is 0 Å². The van der Waals surface area contributed by atoms with Gasteiger partial charge in [0.25, 0.3) is 0 Å². The van der Waals surface area contributed by atoms with Gasteiger partial charge < -0.3 is 4.90 Å². The summed E-state index contributed by atoms with van der Waals surface area (Å²) in [6, 6.07) is 8.13. The predicted molar refractivity (Wildman–Crippen MR) is 59.5 cm³/mol. The molecular formula is C12H17NO. The summed E-state index contributed by atoms with van der Waals surface area (Å²) in [6.07, 6.45) is 1.00. The minimum Gasteiger partial charge on any atom is -0.313 e. The molecule has 0 aliphatic heterocycles. The van der Waals surface area contributed by atoms with Gasteiger partial charge in [0.15, 0.2) is 0 Å². The first-order valence-electron chi connectivity index (χ1n) is 5.06. The number of carbonyl (C=O) groups excluding carboxylic acids is 1. The molecule has 0 bridgehead atoms. The molecule has 1 rings (SSSR count). The van der Waals surface area contributed by atoms with Crippen LogP contribution in [0.1, 0.15) is 26.3 Å². The molecule has 0 heterocycles. The fourth-order valence-electron chi connectivity index (χ4n) is 1.53. The third-order valence-corrected chi connectivity index (χ3v) is 2.33. The summed E-state index contributed by atoms with van der Waals surface area (Å²) in [5.41, 5.74) is 2.27. The Bertz CT molecular complexity index is 320. The SMILES string of the molecule is CCc1cccc(N(CC)C(C)=O)c1. The largest absolute Gasteiger partial charge is 0.313 e. The first kappa shape index (κ1) is 10.8. The van der Waals surface area contributed by atoms with Gasteiger partial charge in [0, 0.05) is 19.2 Å². The van der Waals surface area contributed by atoms with Crippen LogP contribution in [-0.2, 0) is 11.2 Å². The summed E-state index contributed by atoms with van der Waals surface area (Å²) in [7, 11) is 0. The van der Waals surface area contributed by atoms with Crippen LogP contribution in [0, 0.1) is 0 Å². The maximum absolute atomic E-state index is 11.3. The quantitative estimate of drug-likeness (QED) is 0.719. The molecule has 1 amide bonds. The Kier molecular flexibility index (Phi) is 3.69. The zero-order valence-corrected chi connectivity index (χ0v) is 9.08. The van der Waals surface area contributed by atoms with E-state index in [-0.39, 0.29) is 5.91 Å². The Labute approximate surface area is 85.5 Å². The van der Waals surface area contributed by atoms with E-state index in [1.165, 1.54) is 5.56 Å². The first-order valence-corrected chi connectivity index (χ1v) is 5.06. The highest BCUT2D eigenvalue weighted by molar-refractivity contribution is 5.91. The fourth-order valence-corrected chi connectivity index (χ4v) is 1.53. The van der Waals surface area contributed by atoms with Crippen LogP contribution < -0.4 is 4.90 Å². The molecule has 2 nitrogen and oxygen atoms in total. The number of hydrogen-bond donors (Lipinski definition) is 0. The lowest BCUT2D eigenvalue weighted by Crippen LogP contribution is -2.27. The lowest BCUT2D eigenvalue weighted by atomic mass is 10.1. The zero-order valence-electron chi connectivity index (χ0n) is 9.08. The molecule has 0 aliphatic carbocycles. The van der Waals surface area contributed by atoms with Gasteiger partial charge >= 0.3 is 0 Å². The highest BCUT2D eigenvalue weighted by Gasteiger charge is 2.08. The van der Waals surface area contributed by atoms with Crippen LogP contribution in [0.25, 0.3) is 0 Å². The van der Waals surface area contributed by atoms with Crippen LogP contribution in [0.2, 0.25) is 0 Å². The van der Waals surface area contributed by atoms with E-state index in [9.17, 15) is 4.79 Å². The zero-order chi connectivity index (χ0) is 10.6. The number of rotatable bonds is 3. The standard InChI is InChI=1S/C12H17NO/c1-4-11-7-6-8-12(9-11)13(5-2)10(3)14/h6-9H,4-5H2,1-3H3. The van der Waals surface area contributed by atoms with Gasteiger partial charge in [-0.3, -0.25) is 4.79 Å². The molecule has 2 heteroatoms. The van der Waals surface area contributed by atoms with Crippen molar-refractivity contribution >= 4 is 11.6 Å². The number of nitrogens with zero attached hydrogens (tertiary/aromatic N) is 1. The molecule has 0 spiro atoms. The lowest BCUT2D eigenvalue weighted by molar-refractivity contribution is -0.116. The van der Waals surface area contributed by atoms with Gasteiger partial charge in [-0.1, -0.05) is 19.1 Å². The van der Waals surface area contributed by atoms with E-state index in [1.807, 2.05) is 19.1 Å². The summed E-state index contributed by atoms with van der Waals surface area (Å²) >= 11 is 0. The van der Waals surface area contributed by atoms with Crippen molar-refractivity contribution in [2.24, 2.45) is 0 Å². The first-order chi connectivity index (χ1) is 6.69. The number of anilines is 1. The summed E-state index contributed by atoms with van der Waals surface area (Å²) in [5, 5.41) is 0. The van der Waals surface area contributed by atoms with Crippen LogP contribution in [0.5, 0.6) is 0 Å². The van der Waals surface area contributed by atoms with Crippen molar-refractivity contribution in [2.45, 2.75) is 27.2 Å². The number of amides is 1. The van der Waals surface area contributed by atoms with Gasteiger partial charge in [0.05, 0.1) is 0 Å². The van der Waals surface area contributed by atoms with Gasteiger partial charge in [-0.2, -0.15) is 0 Å². The molecule has 14 heavy (non-hydrogen) atoms. The third-order valence-electron chi connectivity index (χ3n) is 2.33. The molecule has 76 valence electrons. The van der Waals surface area contributed by atoms with Crippen molar-refractivity contribution in [3.8, 4) is 0 Å². The average Bonchev–Trinajstić information content (AvgIpc) is 2.19. The summed E-state index contributed by atoms with van der Waals surface area (Å²) in [4.78, 5) is 13.1.